The summed E-state index contributed by atoms with van der Waals surface area (Å²) in [6.45, 7) is 4.38. The Balaban J connectivity index is 2.66. The van der Waals surface area contributed by atoms with E-state index in [2.05, 4.69) is 50.2 Å². The van der Waals surface area contributed by atoms with Crippen molar-refractivity contribution in [3.63, 3.8) is 0 Å². The molecule has 13 heavy (non-hydrogen) atoms. The molecular formula is C13H14. The van der Waals surface area contributed by atoms with Gasteiger partial charge in [0, 0.05) is 0 Å². The monoisotopic (exact) mass is 170 g/mol. The van der Waals surface area contributed by atoms with E-state index in [4.69, 9.17) is 0 Å². The van der Waals surface area contributed by atoms with Crippen molar-refractivity contribution in [3.8, 4) is 0 Å². The van der Waals surface area contributed by atoms with E-state index in [9.17, 15) is 0 Å². The predicted molar refractivity (Wildman–Crippen MR) is 56.4 cm³/mol. The first kappa shape index (κ1) is 8.31. The zero-order chi connectivity index (χ0) is 9.26. The maximum Gasteiger partial charge on any atom is -0.00172 e. The number of hydrogen-bond donors (Lipinski definition) is 0. The minimum Gasteiger partial charge on any atom is -0.0623 e. The zero-order valence-electron chi connectivity index (χ0n) is 8.17. The van der Waals surface area contributed by atoms with Crippen molar-refractivity contribution in [2.45, 2.75) is 20.3 Å². The summed E-state index contributed by atoms with van der Waals surface area (Å²) in [5, 5.41) is 0. The second-order valence-corrected chi connectivity index (χ2v) is 3.59. The molecule has 1 aliphatic rings. The van der Waals surface area contributed by atoms with E-state index in [0.717, 1.165) is 0 Å². The first-order valence-electron chi connectivity index (χ1n) is 4.70. The predicted octanol–water partition coefficient (Wildman–Crippen LogP) is 3.33. The summed E-state index contributed by atoms with van der Waals surface area (Å²) in [5.41, 5.74) is 5.86. The van der Waals surface area contributed by atoms with Crippen LogP contribution in [0, 0.1) is 13.8 Å². The largest absolute Gasteiger partial charge is 0.0623 e. The lowest BCUT2D eigenvalue weighted by Crippen LogP contribution is -1.74. The summed E-state index contributed by atoms with van der Waals surface area (Å²) in [5.74, 6) is 0. The van der Waals surface area contributed by atoms with Gasteiger partial charge in [-0.2, -0.15) is 0 Å². The van der Waals surface area contributed by atoms with Gasteiger partial charge < -0.3 is 0 Å². The molecule has 2 rings (SSSR count). The van der Waals surface area contributed by atoms with Crippen molar-refractivity contribution in [2.75, 3.05) is 0 Å². The molecule has 0 aromatic heterocycles. The van der Waals surface area contributed by atoms with E-state index >= 15 is 0 Å². The van der Waals surface area contributed by atoms with Crippen molar-refractivity contribution >= 4 is 0 Å². The zero-order valence-corrected chi connectivity index (χ0v) is 8.17. The fraction of sp³-hybridized carbons (Fsp3) is 0.231. The quantitative estimate of drug-likeness (QED) is 0.569. The van der Waals surface area contributed by atoms with Gasteiger partial charge in [0.2, 0.25) is 0 Å². The second kappa shape index (κ2) is 3.21. The second-order valence-electron chi connectivity index (χ2n) is 3.59. The summed E-state index contributed by atoms with van der Waals surface area (Å²) in [6, 6.07) is 12.7. The minimum absolute atomic E-state index is 1.18. The van der Waals surface area contributed by atoms with Gasteiger partial charge in [0.1, 0.15) is 0 Å². The molecule has 0 saturated carbocycles. The number of rotatable bonds is 0. The Morgan fingerprint density at radius 3 is 2.38 bits per heavy atom. The molecule has 0 radical (unpaired) electrons. The summed E-state index contributed by atoms with van der Waals surface area (Å²) >= 11 is 0. The molecule has 0 bridgehead atoms. The Bertz CT molecular complexity index is 384. The van der Waals surface area contributed by atoms with Crippen LogP contribution in [0.5, 0.6) is 0 Å². The maximum atomic E-state index is 2.21. The smallest absolute Gasteiger partial charge is 0.00172 e. The molecule has 0 spiro atoms. The van der Waals surface area contributed by atoms with Crippen molar-refractivity contribution in [1.82, 2.24) is 0 Å². The van der Waals surface area contributed by atoms with E-state index < -0.39 is 0 Å². The van der Waals surface area contributed by atoms with E-state index in [0.29, 0.717) is 0 Å². The highest BCUT2D eigenvalue weighted by Gasteiger charge is 2.16. The van der Waals surface area contributed by atoms with Gasteiger partial charge in [0.25, 0.3) is 0 Å². The summed E-state index contributed by atoms with van der Waals surface area (Å²) in [6.07, 6.45) is 1.18. The molecule has 0 amide bonds. The fourth-order valence-electron chi connectivity index (χ4n) is 1.54. The molecule has 66 valence electrons. The van der Waals surface area contributed by atoms with Gasteiger partial charge in [-0.1, -0.05) is 36.4 Å². The number of aryl methyl sites for hydroxylation is 1. The third kappa shape index (κ3) is 1.72. The van der Waals surface area contributed by atoms with Gasteiger partial charge in [0.15, 0.2) is 0 Å². The van der Waals surface area contributed by atoms with Crippen LogP contribution in [0.3, 0.4) is 0 Å². The first-order valence-corrected chi connectivity index (χ1v) is 4.70. The molecule has 0 aliphatic heterocycles. The molecule has 0 atom stereocenters. The molecule has 1 aromatic rings. The first-order chi connectivity index (χ1) is 6.29. The average molecular weight is 170 g/mol. The fourth-order valence-corrected chi connectivity index (χ4v) is 1.54. The van der Waals surface area contributed by atoms with Crippen molar-refractivity contribution < 1.29 is 0 Å². The van der Waals surface area contributed by atoms with Gasteiger partial charge in [0.05, 0.1) is 0 Å². The SMILES string of the molecule is Cc1ccccccc2c(c1C)C2. The average Bonchev–Trinajstić information content (AvgIpc) is 2.88. The normalized spacial score (nSPS) is 11.5. The molecule has 0 heteroatoms. The summed E-state index contributed by atoms with van der Waals surface area (Å²) < 4.78 is 0. The van der Waals surface area contributed by atoms with Gasteiger partial charge in [-0.05, 0) is 42.5 Å². The van der Waals surface area contributed by atoms with Gasteiger partial charge in [-0.3, -0.25) is 0 Å². The molecule has 1 aliphatic carbocycles. The van der Waals surface area contributed by atoms with Gasteiger partial charge in [-0.25, -0.2) is 0 Å². The topological polar surface area (TPSA) is 0 Å². The third-order valence-corrected chi connectivity index (χ3v) is 2.65. The third-order valence-electron chi connectivity index (χ3n) is 2.65. The van der Waals surface area contributed by atoms with Crippen molar-refractivity contribution in [1.29, 1.82) is 0 Å². The van der Waals surface area contributed by atoms with Crippen LogP contribution in [0.2, 0.25) is 0 Å². The summed E-state index contributed by atoms with van der Waals surface area (Å²) in [4.78, 5) is 0. The molecule has 0 saturated heterocycles. The van der Waals surface area contributed by atoms with Crippen molar-refractivity contribution in [3.05, 3.63) is 58.7 Å². The highest BCUT2D eigenvalue weighted by atomic mass is 14.2. The Hall–Kier alpha value is -1.30. The van der Waals surface area contributed by atoms with Crippen LogP contribution in [0.1, 0.15) is 22.3 Å². The van der Waals surface area contributed by atoms with E-state index in [1.165, 1.54) is 28.7 Å². The Morgan fingerprint density at radius 2 is 1.62 bits per heavy atom. The summed E-state index contributed by atoms with van der Waals surface area (Å²) in [7, 11) is 0. The maximum absolute atomic E-state index is 2.21. The minimum atomic E-state index is 1.18. The lowest BCUT2D eigenvalue weighted by Gasteiger charge is -1.91. The van der Waals surface area contributed by atoms with Crippen LogP contribution >= 0.6 is 0 Å². The molecular weight excluding hydrogens is 156 g/mol. The molecule has 0 nitrogen and oxygen atoms in total. The van der Waals surface area contributed by atoms with E-state index in [1.54, 1.807) is 0 Å². The van der Waals surface area contributed by atoms with Crippen LogP contribution in [0.15, 0.2) is 36.4 Å². The lowest BCUT2D eigenvalue weighted by molar-refractivity contribution is 1.34. The van der Waals surface area contributed by atoms with Crippen LogP contribution in [0.4, 0.5) is 0 Å². The van der Waals surface area contributed by atoms with E-state index in [-0.39, 0.29) is 0 Å². The Labute approximate surface area is 79.6 Å². The van der Waals surface area contributed by atoms with Crippen LogP contribution in [-0.2, 0) is 6.42 Å². The Kier molecular flexibility index (Phi) is 2.05. The lowest BCUT2D eigenvalue weighted by atomic mass is 10.1. The number of fused-ring (bicyclic) bond motifs is 1. The number of hydrogen-bond acceptors (Lipinski definition) is 0. The van der Waals surface area contributed by atoms with Crippen LogP contribution < -0.4 is 0 Å². The van der Waals surface area contributed by atoms with Gasteiger partial charge >= 0.3 is 0 Å². The molecule has 1 aromatic carbocycles. The molecule has 0 heterocycles. The Morgan fingerprint density at radius 1 is 0.923 bits per heavy atom. The molecule has 0 fully saturated rings. The molecule has 0 N–H and O–H groups in total. The highest BCUT2D eigenvalue weighted by molar-refractivity contribution is 5.49. The standard InChI is InChI=1S/C13H14/c1-10-7-5-3-4-6-8-12-9-13(12)11(10)2/h3-8H,9H2,1-2H3. The van der Waals surface area contributed by atoms with Crippen LogP contribution in [-0.4, -0.2) is 0 Å². The van der Waals surface area contributed by atoms with E-state index in [1.807, 2.05) is 0 Å². The van der Waals surface area contributed by atoms with Crippen LogP contribution in [0.25, 0.3) is 0 Å². The van der Waals surface area contributed by atoms with Gasteiger partial charge in [-0.15, -0.1) is 0 Å². The molecule has 0 unspecified atom stereocenters. The van der Waals surface area contributed by atoms with Crippen molar-refractivity contribution in [2.24, 2.45) is 0 Å². The highest BCUT2D eigenvalue weighted by Crippen LogP contribution is 2.29.